The number of aromatic nitrogens is 2. The third kappa shape index (κ3) is 4.66. The first kappa shape index (κ1) is 17.7. The van der Waals surface area contributed by atoms with E-state index in [1.165, 1.54) is 16.2 Å². The molecule has 7 nitrogen and oxygen atoms in total. The van der Waals surface area contributed by atoms with Crippen LogP contribution in [-0.4, -0.2) is 34.0 Å². The topological polar surface area (TPSA) is 97.3 Å². The molecule has 0 atom stereocenters. The molecule has 2 aromatic rings. The van der Waals surface area contributed by atoms with E-state index in [0.29, 0.717) is 16.7 Å². The number of carbonyl (C=O) groups excluding carboxylic acids is 1. The van der Waals surface area contributed by atoms with Crippen molar-refractivity contribution >= 4 is 40.6 Å². The highest BCUT2D eigenvalue weighted by molar-refractivity contribution is 7.15. The summed E-state index contributed by atoms with van der Waals surface area (Å²) in [5, 5.41) is 7.21. The van der Waals surface area contributed by atoms with Gasteiger partial charge in [-0.1, -0.05) is 5.16 Å². The minimum atomic E-state index is 0. The molecule has 0 spiro atoms. The van der Waals surface area contributed by atoms with Crippen LogP contribution in [0.2, 0.25) is 0 Å². The normalized spacial score (nSPS) is 16.0. The summed E-state index contributed by atoms with van der Waals surface area (Å²) in [7, 11) is 0. The second-order valence-corrected chi connectivity index (χ2v) is 6.67. The van der Waals surface area contributed by atoms with Crippen LogP contribution in [0.1, 0.15) is 23.5 Å². The summed E-state index contributed by atoms with van der Waals surface area (Å²) in [4.78, 5) is 19.8. The third-order valence-electron chi connectivity index (χ3n) is 3.79. The molecular weight excluding hydrogens is 338 g/mol. The van der Waals surface area contributed by atoms with Crippen LogP contribution in [0.25, 0.3) is 0 Å². The van der Waals surface area contributed by atoms with E-state index in [9.17, 15) is 4.79 Å². The van der Waals surface area contributed by atoms with Gasteiger partial charge in [0.2, 0.25) is 5.91 Å². The Hall–Kier alpha value is -1.64. The highest BCUT2D eigenvalue weighted by atomic mass is 35.5. The lowest BCUT2D eigenvalue weighted by Crippen LogP contribution is -2.37. The van der Waals surface area contributed by atoms with Crippen molar-refractivity contribution in [3.05, 3.63) is 22.9 Å². The van der Waals surface area contributed by atoms with Crippen LogP contribution < -0.4 is 11.1 Å². The molecule has 3 N–H and O–H groups in total. The Morgan fingerprint density at radius 2 is 2.26 bits per heavy atom. The monoisotopic (exact) mass is 357 g/mol. The zero-order chi connectivity index (χ0) is 15.5. The van der Waals surface area contributed by atoms with Crippen molar-refractivity contribution in [3.8, 4) is 0 Å². The summed E-state index contributed by atoms with van der Waals surface area (Å²) >= 11 is 1.52. The Morgan fingerprint density at radius 1 is 1.52 bits per heavy atom. The average Bonchev–Trinajstić information content (AvgIpc) is 3.08. The molecule has 3 heterocycles. The van der Waals surface area contributed by atoms with E-state index in [0.717, 1.165) is 32.5 Å². The minimum absolute atomic E-state index is 0. The molecule has 9 heteroatoms. The maximum absolute atomic E-state index is 12.2. The Kier molecular flexibility index (Phi) is 5.97. The fourth-order valence-electron chi connectivity index (χ4n) is 2.62. The van der Waals surface area contributed by atoms with Gasteiger partial charge in [0.05, 0.1) is 0 Å². The Bertz CT molecular complexity index is 651. The van der Waals surface area contributed by atoms with Gasteiger partial charge in [0.1, 0.15) is 5.76 Å². The molecule has 2 aromatic heterocycles. The molecule has 0 bridgehead atoms. The standard InChI is InChI=1S/C14H19N5O2S.ClH/c1-9-6-12(18-21-9)17-13(20)10-2-4-19(5-3-10)8-11-7-16-14(15)22-11;/h6-7,10H,2-5,8H2,1H3,(H2,15,16)(H,17,18,20);1H. The van der Waals surface area contributed by atoms with Crippen molar-refractivity contribution in [2.24, 2.45) is 5.92 Å². The quantitative estimate of drug-likeness (QED) is 0.871. The first-order valence-electron chi connectivity index (χ1n) is 7.27. The van der Waals surface area contributed by atoms with E-state index in [2.05, 4.69) is 20.4 Å². The molecule has 1 fully saturated rings. The summed E-state index contributed by atoms with van der Waals surface area (Å²) in [6, 6.07) is 1.72. The highest BCUT2D eigenvalue weighted by Gasteiger charge is 2.25. The van der Waals surface area contributed by atoms with Gasteiger partial charge in [0.25, 0.3) is 0 Å². The fourth-order valence-corrected chi connectivity index (χ4v) is 3.35. The molecule has 0 aliphatic carbocycles. The van der Waals surface area contributed by atoms with Crippen LogP contribution in [0.3, 0.4) is 0 Å². The molecule has 3 rings (SSSR count). The third-order valence-corrected chi connectivity index (χ3v) is 4.60. The van der Waals surface area contributed by atoms with Gasteiger partial charge in [-0.05, 0) is 32.9 Å². The second-order valence-electron chi connectivity index (χ2n) is 5.53. The number of rotatable bonds is 4. The molecule has 1 saturated heterocycles. The van der Waals surface area contributed by atoms with Gasteiger partial charge in [-0.3, -0.25) is 9.69 Å². The van der Waals surface area contributed by atoms with Crippen LogP contribution >= 0.6 is 23.7 Å². The Morgan fingerprint density at radius 3 is 2.83 bits per heavy atom. The van der Waals surface area contributed by atoms with Crippen LogP contribution in [-0.2, 0) is 11.3 Å². The second kappa shape index (κ2) is 7.76. The van der Waals surface area contributed by atoms with Gasteiger partial charge in [-0.25, -0.2) is 4.98 Å². The number of anilines is 2. The molecule has 0 saturated carbocycles. The first-order valence-corrected chi connectivity index (χ1v) is 8.08. The number of nitrogens with two attached hydrogens (primary N) is 1. The number of carbonyl (C=O) groups is 1. The van der Waals surface area contributed by atoms with Crippen molar-refractivity contribution in [2.45, 2.75) is 26.3 Å². The summed E-state index contributed by atoms with van der Waals surface area (Å²) in [6.07, 6.45) is 3.51. The molecule has 1 aliphatic heterocycles. The number of aryl methyl sites for hydroxylation is 1. The van der Waals surface area contributed by atoms with Crippen molar-refractivity contribution < 1.29 is 9.32 Å². The molecule has 1 amide bonds. The number of nitrogens with zero attached hydrogens (tertiary/aromatic N) is 3. The highest BCUT2D eigenvalue weighted by Crippen LogP contribution is 2.23. The van der Waals surface area contributed by atoms with Gasteiger partial charge in [-0.15, -0.1) is 23.7 Å². The average molecular weight is 358 g/mol. The van der Waals surface area contributed by atoms with Crippen LogP contribution in [0.4, 0.5) is 10.9 Å². The van der Waals surface area contributed by atoms with Crippen LogP contribution in [0.5, 0.6) is 0 Å². The van der Waals surface area contributed by atoms with E-state index in [1.54, 1.807) is 13.0 Å². The van der Waals surface area contributed by atoms with Gasteiger partial charge in [0.15, 0.2) is 10.9 Å². The molecular formula is C14H20ClN5O2S. The van der Waals surface area contributed by atoms with E-state index < -0.39 is 0 Å². The number of amides is 1. The summed E-state index contributed by atoms with van der Waals surface area (Å²) in [5.74, 6) is 1.23. The molecule has 0 radical (unpaired) electrons. The van der Waals surface area contributed by atoms with Crippen LogP contribution in [0, 0.1) is 12.8 Å². The molecule has 23 heavy (non-hydrogen) atoms. The Labute approximate surface area is 144 Å². The van der Waals surface area contributed by atoms with E-state index in [1.807, 2.05) is 6.20 Å². The zero-order valence-corrected chi connectivity index (χ0v) is 14.5. The number of hydrogen-bond acceptors (Lipinski definition) is 7. The predicted molar refractivity (Wildman–Crippen MR) is 91.6 cm³/mol. The summed E-state index contributed by atoms with van der Waals surface area (Å²) in [6.45, 7) is 4.44. The number of likely N-dealkylation sites (tertiary alicyclic amines) is 1. The van der Waals surface area contributed by atoms with E-state index in [4.69, 9.17) is 10.3 Å². The summed E-state index contributed by atoms with van der Waals surface area (Å²) in [5.41, 5.74) is 5.64. The van der Waals surface area contributed by atoms with E-state index in [-0.39, 0.29) is 24.2 Å². The number of nitrogen functional groups attached to an aromatic ring is 1. The molecule has 1 aliphatic rings. The van der Waals surface area contributed by atoms with Crippen molar-refractivity contribution in [3.63, 3.8) is 0 Å². The number of nitrogens with one attached hydrogen (secondary N) is 1. The minimum Gasteiger partial charge on any atom is -0.375 e. The van der Waals surface area contributed by atoms with Gasteiger partial charge in [0, 0.05) is 29.6 Å². The van der Waals surface area contributed by atoms with Crippen molar-refractivity contribution in [1.29, 1.82) is 0 Å². The lowest BCUT2D eigenvalue weighted by Gasteiger charge is -2.30. The smallest absolute Gasteiger partial charge is 0.228 e. The Balaban J connectivity index is 0.00000192. The summed E-state index contributed by atoms with van der Waals surface area (Å²) < 4.78 is 4.95. The number of thiazole rings is 1. The van der Waals surface area contributed by atoms with Crippen molar-refractivity contribution in [1.82, 2.24) is 15.0 Å². The first-order chi connectivity index (χ1) is 10.6. The lowest BCUT2D eigenvalue weighted by molar-refractivity contribution is -0.121. The zero-order valence-electron chi connectivity index (χ0n) is 12.8. The van der Waals surface area contributed by atoms with Crippen molar-refractivity contribution in [2.75, 3.05) is 24.1 Å². The SMILES string of the molecule is Cc1cc(NC(=O)C2CCN(Cc3cnc(N)s3)CC2)no1.Cl. The van der Waals surface area contributed by atoms with Gasteiger partial charge >= 0.3 is 0 Å². The molecule has 126 valence electrons. The maximum atomic E-state index is 12.2. The molecule has 0 aromatic carbocycles. The fraction of sp³-hybridized carbons (Fsp3) is 0.500. The number of halogens is 1. The maximum Gasteiger partial charge on any atom is 0.228 e. The van der Waals surface area contributed by atoms with Crippen LogP contribution in [0.15, 0.2) is 16.8 Å². The van der Waals surface area contributed by atoms with E-state index >= 15 is 0 Å². The van der Waals surface area contributed by atoms with Gasteiger partial charge < -0.3 is 15.6 Å². The predicted octanol–water partition coefficient (Wildman–Crippen LogP) is 2.29. The number of piperidine rings is 1. The molecule has 0 unspecified atom stereocenters. The number of hydrogen-bond donors (Lipinski definition) is 2. The van der Waals surface area contributed by atoms with Gasteiger partial charge in [-0.2, -0.15) is 0 Å². The lowest BCUT2D eigenvalue weighted by atomic mass is 9.96. The largest absolute Gasteiger partial charge is 0.375 e.